The smallest absolute Gasteiger partial charge is 0.196 e. The van der Waals surface area contributed by atoms with Crippen molar-refractivity contribution in [2.45, 2.75) is 0 Å². The molecule has 0 aliphatic carbocycles. The van der Waals surface area contributed by atoms with E-state index >= 15 is 0 Å². The minimum atomic E-state index is 0.444. The molecule has 0 radical (unpaired) electrons. The Balaban J connectivity index is 1.33. The Labute approximate surface area is 277 Å². The third-order valence-electron chi connectivity index (χ3n) is 9.36. The second-order valence-electron chi connectivity index (χ2n) is 11.9. The van der Waals surface area contributed by atoms with Crippen molar-refractivity contribution in [2.24, 2.45) is 0 Å². The highest BCUT2D eigenvalue weighted by atomic mass is 15.0. The van der Waals surface area contributed by atoms with E-state index in [-0.39, 0.29) is 0 Å². The van der Waals surface area contributed by atoms with E-state index in [4.69, 9.17) is 6.57 Å². The summed E-state index contributed by atoms with van der Waals surface area (Å²) in [7, 11) is 0. The van der Waals surface area contributed by atoms with Gasteiger partial charge in [0, 0.05) is 32.8 Å². The fourth-order valence-corrected chi connectivity index (χ4v) is 7.37. The van der Waals surface area contributed by atoms with Crippen molar-refractivity contribution in [2.75, 3.05) is 0 Å². The molecular formula is C44H26N4. The molecule has 0 aliphatic rings. The number of benzene rings is 7. The molecule has 4 nitrogen and oxygen atoms in total. The topological polar surface area (TPSA) is 38.0 Å². The lowest BCUT2D eigenvalue weighted by Crippen LogP contribution is -1.99. The van der Waals surface area contributed by atoms with E-state index in [0.717, 1.165) is 55.7 Å². The zero-order chi connectivity index (χ0) is 32.2. The second kappa shape index (κ2) is 10.9. The Morgan fingerprint density at radius 1 is 0.500 bits per heavy atom. The predicted molar refractivity (Wildman–Crippen MR) is 197 cm³/mol. The minimum Gasteiger partial charge on any atom is -0.309 e. The lowest BCUT2D eigenvalue weighted by atomic mass is 9.90. The van der Waals surface area contributed by atoms with Crippen molar-refractivity contribution >= 4 is 49.3 Å². The van der Waals surface area contributed by atoms with Crippen molar-refractivity contribution in [3.63, 3.8) is 0 Å². The van der Waals surface area contributed by atoms with Crippen molar-refractivity contribution in [3.05, 3.63) is 175 Å². The summed E-state index contributed by atoms with van der Waals surface area (Å²) in [4.78, 5) is 4.03. The summed E-state index contributed by atoms with van der Waals surface area (Å²) in [5.41, 5.74) is 10.8. The van der Waals surface area contributed by atoms with Gasteiger partial charge in [-0.15, -0.1) is 0 Å². The van der Waals surface area contributed by atoms with Crippen LogP contribution in [0, 0.1) is 17.9 Å². The molecule has 0 unspecified atom stereocenters. The Kier molecular flexibility index (Phi) is 6.22. The third kappa shape index (κ3) is 4.07. The first-order valence-corrected chi connectivity index (χ1v) is 15.9. The lowest BCUT2D eigenvalue weighted by molar-refractivity contribution is 1.18. The molecule has 4 heteroatoms. The molecule has 0 atom stereocenters. The van der Waals surface area contributed by atoms with Gasteiger partial charge in [0.2, 0.25) is 0 Å². The molecule has 9 rings (SSSR count). The summed E-state index contributed by atoms with van der Waals surface area (Å²) in [5, 5.41) is 14.8. The predicted octanol–water partition coefficient (Wildman–Crippen LogP) is 11.6. The van der Waals surface area contributed by atoms with Crippen molar-refractivity contribution in [3.8, 4) is 39.7 Å². The number of nitrogens with zero attached hydrogens (tertiary/aromatic N) is 4. The number of aromatic nitrogens is 2. The van der Waals surface area contributed by atoms with Gasteiger partial charge in [0.1, 0.15) is 0 Å². The highest BCUT2D eigenvalue weighted by Crippen LogP contribution is 2.45. The number of para-hydroxylation sites is 5. The quantitative estimate of drug-likeness (QED) is 0.183. The van der Waals surface area contributed by atoms with Crippen LogP contribution < -0.4 is 0 Å². The SMILES string of the molecule is [C-]#[N+]c1cc(C#N)cc(-c2cccc(-n3c4ccccc4c4ccccc43)c2)c1-c1ccccc1-n1c2ccccc2c2ccccc21. The first-order valence-electron chi connectivity index (χ1n) is 15.9. The molecule has 0 bridgehead atoms. The normalized spacial score (nSPS) is 11.3. The van der Waals surface area contributed by atoms with E-state index in [1.807, 2.05) is 18.2 Å². The summed E-state index contributed by atoms with van der Waals surface area (Å²) in [6.07, 6.45) is 0. The third-order valence-corrected chi connectivity index (χ3v) is 9.36. The highest BCUT2D eigenvalue weighted by molar-refractivity contribution is 6.11. The van der Waals surface area contributed by atoms with Crippen LogP contribution in [0.2, 0.25) is 0 Å². The van der Waals surface area contributed by atoms with Gasteiger partial charge in [-0.1, -0.05) is 103 Å². The van der Waals surface area contributed by atoms with E-state index in [9.17, 15) is 5.26 Å². The number of hydrogen-bond acceptors (Lipinski definition) is 1. The van der Waals surface area contributed by atoms with Gasteiger partial charge in [0.15, 0.2) is 5.69 Å². The average Bonchev–Trinajstić information content (AvgIpc) is 3.67. The van der Waals surface area contributed by atoms with Crippen LogP contribution in [0.1, 0.15) is 5.56 Å². The summed E-state index contributed by atoms with van der Waals surface area (Å²) in [6, 6.07) is 56.5. The van der Waals surface area contributed by atoms with Crippen molar-refractivity contribution in [1.29, 1.82) is 5.26 Å². The van der Waals surface area contributed by atoms with E-state index in [2.05, 4.69) is 154 Å². The van der Waals surface area contributed by atoms with Crippen LogP contribution in [0.4, 0.5) is 5.69 Å². The van der Waals surface area contributed by atoms with Gasteiger partial charge in [-0.2, -0.15) is 5.26 Å². The molecule has 0 aliphatic heterocycles. The van der Waals surface area contributed by atoms with E-state index in [1.165, 1.54) is 21.5 Å². The summed E-state index contributed by atoms with van der Waals surface area (Å²) < 4.78 is 4.59. The molecule has 48 heavy (non-hydrogen) atoms. The Morgan fingerprint density at radius 2 is 1.02 bits per heavy atom. The Morgan fingerprint density at radius 3 is 1.58 bits per heavy atom. The minimum absolute atomic E-state index is 0.444. The monoisotopic (exact) mass is 610 g/mol. The van der Waals surface area contributed by atoms with Gasteiger partial charge in [-0.05, 0) is 76.9 Å². The van der Waals surface area contributed by atoms with Gasteiger partial charge in [0.05, 0.1) is 40.4 Å². The molecule has 2 aromatic heterocycles. The van der Waals surface area contributed by atoms with Crippen molar-refractivity contribution < 1.29 is 0 Å². The molecule has 0 N–H and O–H groups in total. The highest BCUT2D eigenvalue weighted by Gasteiger charge is 2.21. The first-order chi connectivity index (χ1) is 23.7. The van der Waals surface area contributed by atoms with Gasteiger partial charge in [-0.3, -0.25) is 0 Å². The molecule has 2 heterocycles. The Hall–Kier alpha value is -6.88. The van der Waals surface area contributed by atoms with Crippen LogP contribution in [0.15, 0.2) is 158 Å². The van der Waals surface area contributed by atoms with Crippen molar-refractivity contribution in [1.82, 2.24) is 9.13 Å². The first kappa shape index (κ1) is 27.4. The molecule has 7 aromatic carbocycles. The Bertz CT molecular complexity index is 2710. The van der Waals surface area contributed by atoms with Crippen LogP contribution in [0.5, 0.6) is 0 Å². The fraction of sp³-hybridized carbons (Fsp3) is 0. The van der Waals surface area contributed by atoms with Crippen LogP contribution in [0.25, 0.3) is 82.1 Å². The van der Waals surface area contributed by atoms with Gasteiger partial charge in [-0.25, -0.2) is 4.85 Å². The fourth-order valence-electron chi connectivity index (χ4n) is 7.37. The maximum absolute atomic E-state index is 10.1. The summed E-state index contributed by atoms with van der Waals surface area (Å²) in [5.74, 6) is 0. The summed E-state index contributed by atoms with van der Waals surface area (Å²) in [6.45, 7) is 8.31. The van der Waals surface area contributed by atoms with Gasteiger partial charge < -0.3 is 9.13 Å². The number of hydrogen-bond donors (Lipinski definition) is 0. The standard InChI is InChI=1S/C44H26N4/c1-46-38-26-29(28-45)25-37(30-13-12-14-31(27-30)47-39-20-7-2-15-32(39)33-16-3-8-21-40(33)47)44(38)36-19-6-11-24-43(36)48-41-22-9-4-17-34(41)35-18-5-10-23-42(35)48/h2-27H. The largest absolute Gasteiger partial charge is 0.309 e. The average molecular weight is 611 g/mol. The van der Waals surface area contributed by atoms with Crippen LogP contribution in [-0.2, 0) is 0 Å². The molecule has 0 spiro atoms. The van der Waals surface area contributed by atoms with Gasteiger partial charge in [0.25, 0.3) is 0 Å². The number of fused-ring (bicyclic) bond motifs is 6. The maximum Gasteiger partial charge on any atom is 0.196 e. The van der Waals surface area contributed by atoms with Gasteiger partial charge >= 0.3 is 0 Å². The van der Waals surface area contributed by atoms with Crippen LogP contribution >= 0.6 is 0 Å². The van der Waals surface area contributed by atoms with Crippen LogP contribution in [0.3, 0.4) is 0 Å². The zero-order valence-electron chi connectivity index (χ0n) is 25.8. The molecule has 0 amide bonds. The number of rotatable bonds is 4. The van der Waals surface area contributed by atoms with E-state index in [1.54, 1.807) is 6.07 Å². The second-order valence-corrected chi connectivity index (χ2v) is 11.9. The molecule has 9 aromatic rings. The van der Waals surface area contributed by atoms with E-state index < -0.39 is 0 Å². The summed E-state index contributed by atoms with van der Waals surface area (Å²) >= 11 is 0. The molecular weight excluding hydrogens is 585 g/mol. The maximum atomic E-state index is 10.1. The molecule has 0 saturated heterocycles. The lowest BCUT2D eigenvalue weighted by Gasteiger charge is -2.19. The molecule has 222 valence electrons. The zero-order valence-corrected chi connectivity index (χ0v) is 25.8. The van der Waals surface area contributed by atoms with Crippen LogP contribution in [-0.4, -0.2) is 9.13 Å². The number of nitriles is 1. The van der Waals surface area contributed by atoms with E-state index in [0.29, 0.717) is 11.3 Å². The molecule has 0 fully saturated rings. The molecule has 0 saturated carbocycles.